The molecule has 2 N–H and O–H groups in total. The molecule has 0 aromatic carbocycles. The number of hydrogen-bond donors (Lipinski definition) is 2. The first-order valence-corrected chi connectivity index (χ1v) is 8.79. The van der Waals surface area contributed by atoms with Gasteiger partial charge in [-0.05, 0) is 40.0 Å². The summed E-state index contributed by atoms with van der Waals surface area (Å²) >= 11 is 0. The third-order valence-electron chi connectivity index (χ3n) is 3.14. The molecule has 8 nitrogen and oxygen atoms in total. The standard InChI is InChI=1S/C13H23NO7S/c1-13(2,3)20-12(17)14-9-6-5-8(11(15)16)7-10(9)21-22(4,18)19/h8-10H,5-7H2,1-4H3,(H,14,17)(H,15,16)/t8?,9-,10?/m0/s1. The second kappa shape index (κ2) is 6.82. The predicted octanol–water partition coefficient (Wildman–Crippen LogP) is 1.11. The SMILES string of the molecule is CC(C)(C)OC(=O)N[C@H]1CCC(C(=O)O)CC1OS(C)(=O)=O. The molecule has 1 rings (SSSR count). The quantitative estimate of drug-likeness (QED) is 0.737. The van der Waals surface area contributed by atoms with Crippen LogP contribution in [0.3, 0.4) is 0 Å². The monoisotopic (exact) mass is 337 g/mol. The molecule has 3 atom stereocenters. The van der Waals surface area contributed by atoms with Crippen LogP contribution >= 0.6 is 0 Å². The van der Waals surface area contributed by atoms with Crippen LogP contribution in [0.4, 0.5) is 4.79 Å². The van der Waals surface area contributed by atoms with Crippen molar-refractivity contribution < 1.29 is 32.0 Å². The maximum Gasteiger partial charge on any atom is 0.407 e. The number of aliphatic carboxylic acids is 1. The zero-order valence-corrected chi connectivity index (χ0v) is 14.0. The number of ether oxygens (including phenoxy) is 1. The lowest BCUT2D eigenvalue weighted by Crippen LogP contribution is -2.50. The van der Waals surface area contributed by atoms with Crippen LogP contribution in [-0.2, 0) is 23.8 Å². The molecule has 1 aliphatic carbocycles. The fourth-order valence-corrected chi connectivity index (χ4v) is 2.97. The largest absolute Gasteiger partial charge is 0.481 e. The van der Waals surface area contributed by atoms with Crippen LogP contribution in [0.15, 0.2) is 0 Å². The third-order valence-corrected chi connectivity index (χ3v) is 3.74. The van der Waals surface area contributed by atoms with E-state index in [-0.39, 0.29) is 6.42 Å². The Morgan fingerprint density at radius 3 is 2.27 bits per heavy atom. The average Bonchev–Trinajstić information content (AvgIpc) is 2.26. The number of carbonyl (C=O) groups is 2. The fourth-order valence-electron chi connectivity index (χ4n) is 2.31. The van der Waals surface area contributed by atoms with Gasteiger partial charge in [0.1, 0.15) is 5.60 Å². The lowest BCUT2D eigenvalue weighted by atomic mass is 9.84. The number of rotatable bonds is 4. The molecule has 0 radical (unpaired) electrons. The topological polar surface area (TPSA) is 119 Å². The summed E-state index contributed by atoms with van der Waals surface area (Å²) in [4.78, 5) is 22.9. The molecule has 1 amide bonds. The molecule has 0 aromatic rings. The summed E-state index contributed by atoms with van der Waals surface area (Å²) in [5, 5.41) is 11.6. The second-order valence-corrected chi connectivity index (χ2v) is 8.04. The predicted molar refractivity (Wildman–Crippen MR) is 77.9 cm³/mol. The number of alkyl carbamates (subject to hydrolysis) is 1. The van der Waals surface area contributed by atoms with Crippen LogP contribution in [0.2, 0.25) is 0 Å². The second-order valence-electron chi connectivity index (χ2n) is 6.44. The number of amides is 1. The van der Waals surface area contributed by atoms with E-state index < -0.39 is 45.8 Å². The number of carbonyl (C=O) groups excluding carboxylic acids is 1. The zero-order valence-electron chi connectivity index (χ0n) is 13.2. The van der Waals surface area contributed by atoms with E-state index in [1.807, 2.05) is 0 Å². The van der Waals surface area contributed by atoms with Crippen molar-refractivity contribution in [1.29, 1.82) is 0 Å². The molecule has 1 saturated carbocycles. The average molecular weight is 337 g/mol. The van der Waals surface area contributed by atoms with E-state index in [0.29, 0.717) is 12.8 Å². The van der Waals surface area contributed by atoms with Gasteiger partial charge in [0.05, 0.1) is 24.3 Å². The highest BCUT2D eigenvalue weighted by Gasteiger charge is 2.37. The molecule has 2 unspecified atom stereocenters. The minimum atomic E-state index is -3.76. The maximum absolute atomic E-state index is 11.8. The Labute approximate surface area is 130 Å². The van der Waals surface area contributed by atoms with E-state index in [9.17, 15) is 18.0 Å². The first-order valence-electron chi connectivity index (χ1n) is 6.98. The molecule has 0 aromatic heterocycles. The Hall–Kier alpha value is -1.35. The first-order chi connectivity index (χ1) is 9.87. The molecule has 0 spiro atoms. The van der Waals surface area contributed by atoms with Gasteiger partial charge >= 0.3 is 12.1 Å². The van der Waals surface area contributed by atoms with Crippen molar-refractivity contribution in [3.63, 3.8) is 0 Å². The first kappa shape index (κ1) is 18.7. The lowest BCUT2D eigenvalue weighted by Gasteiger charge is -2.34. The van der Waals surface area contributed by atoms with Gasteiger partial charge < -0.3 is 15.2 Å². The highest BCUT2D eigenvalue weighted by Crippen LogP contribution is 2.28. The van der Waals surface area contributed by atoms with Crippen LogP contribution < -0.4 is 5.32 Å². The van der Waals surface area contributed by atoms with Crippen molar-refractivity contribution in [3.8, 4) is 0 Å². The molecule has 0 aliphatic heterocycles. The zero-order chi connectivity index (χ0) is 17.1. The Balaban J connectivity index is 2.77. The minimum Gasteiger partial charge on any atom is -0.481 e. The van der Waals surface area contributed by atoms with Crippen molar-refractivity contribution in [3.05, 3.63) is 0 Å². The third kappa shape index (κ3) is 6.61. The molecular formula is C13H23NO7S. The van der Waals surface area contributed by atoms with Gasteiger partial charge in [0.25, 0.3) is 10.1 Å². The molecular weight excluding hydrogens is 314 g/mol. The van der Waals surface area contributed by atoms with E-state index in [0.717, 1.165) is 6.26 Å². The van der Waals surface area contributed by atoms with E-state index in [2.05, 4.69) is 5.32 Å². The number of nitrogens with one attached hydrogen (secondary N) is 1. The van der Waals surface area contributed by atoms with Gasteiger partial charge in [-0.3, -0.25) is 8.98 Å². The van der Waals surface area contributed by atoms with Gasteiger partial charge in [-0.25, -0.2) is 4.79 Å². The molecule has 0 saturated heterocycles. The van der Waals surface area contributed by atoms with Gasteiger partial charge in [-0.1, -0.05) is 0 Å². The van der Waals surface area contributed by atoms with Crippen molar-refractivity contribution in [1.82, 2.24) is 5.32 Å². The van der Waals surface area contributed by atoms with Crippen LogP contribution in [0, 0.1) is 5.92 Å². The Kier molecular flexibility index (Phi) is 5.80. The summed E-state index contributed by atoms with van der Waals surface area (Å²) in [6.45, 7) is 5.12. The van der Waals surface area contributed by atoms with Crippen LogP contribution in [0.25, 0.3) is 0 Å². The van der Waals surface area contributed by atoms with Gasteiger partial charge in [0, 0.05) is 0 Å². The van der Waals surface area contributed by atoms with E-state index in [1.54, 1.807) is 20.8 Å². The smallest absolute Gasteiger partial charge is 0.407 e. The Morgan fingerprint density at radius 2 is 1.82 bits per heavy atom. The molecule has 0 heterocycles. The van der Waals surface area contributed by atoms with Crippen LogP contribution in [-0.4, -0.2) is 49.6 Å². The van der Waals surface area contributed by atoms with E-state index in [1.165, 1.54) is 0 Å². The molecule has 9 heteroatoms. The molecule has 1 fully saturated rings. The van der Waals surface area contributed by atoms with Crippen LogP contribution in [0.5, 0.6) is 0 Å². The van der Waals surface area contributed by atoms with Gasteiger partial charge in [-0.2, -0.15) is 8.42 Å². The summed E-state index contributed by atoms with van der Waals surface area (Å²) in [5.41, 5.74) is -0.685. The maximum atomic E-state index is 11.8. The molecule has 1 aliphatic rings. The number of carboxylic acids is 1. The van der Waals surface area contributed by atoms with Crippen LogP contribution in [0.1, 0.15) is 40.0 Å². The minimum absolute atomic E-state index is 0.0167. The highest BCUT2D eigenvalue weighted by atomic mass is 32.2. The number of hydrogen-bond acceptors (Lipinski definition) is 6. The van der Waals surface area contributed by atoms with Crippen molar-refractivity contribution in [2.24, 2.45) is 5.92 Å². The molecule has 0 bridgehead atoms. The molecule has 22 heavy (non-hydrogen) atoms. The van der Waals surface area contributed by atoms with Gasteiger partial charge in [0.15, 0.2) is 0 Å². The van der Waals surface area contributed by atoms with E-state index >= 15 is 0 Å². The van der Waals surface area contributed by atoms with Crippen molar-refractivity contribution in [2.45, 2.75) is 57.8 Å². The lowest BCUT2D eigenvalue weighted by molar-refractivity contribution is -0.144. The Morgan fingerprint density at radius 1 is 1.23 bits per heavy atom. The van der Waals surface area contributed by atoms with E-state index in [4.69, 9.17) is 14.0 Å². The van der Waals surface area contributed by atoms with Crippen molar-refractivity contribution >= 4 is 22.2 Å². The highest BCUT2D eigenvalue weighted by molar-refractivity contribution is 7.86. The summed E-state index contributed by atoms with van der Waals surface area (Å²) in [5.74, 6) is -1.69. The summed E-state index contributed by atoms with van der Waals surface area (Å²) in [6, 6.07) is -0.611. The van der Waals surface area contributed by atoms with Gasteiger partial charge in [0.2, 0.25) is 0 Å². The number of carboxylic acid groups (broad SMARTS) is 1. The summed E-state index contributed by atoms with van der Waals surface area (Å²) in [7, 11) is -3.76. The van der Waals surface area contributed by atoms with Gasteiger partial charge in [-0.15, -0.1) is 0 Å². The summed E-state index contributed by atoms with van der Waals surface area (Å²) < 4.78 is 32.7. The fraction of sp³-hybridized carbons (Fsp3) is 0.846. The summed E-state index contributed by atoms with van der Waals surface area (Å²) in [6.07, 6.45) is -0.0635. The molecule has 128 valence electrons. The Bertz CT molecular complexity index is 523. The van der Waals surface area contributed by atoms with Crippen molar-refractivity contribution in [2.75, 3.05) is 6.26 Å². The normalized spacial score (nSPS) is 26.3.